The van der Waals surface area contributed by atoms with Gasteiger partial charge in [-0.1, -0.05) is 41.4 Å². The van der Waals surface area contributed by atoms with Crippen molar-refractivity contribution in [2.75, 3.05) is 11.9 Å². The Kier molecular flexibility index (Phi) is 4.35. The molecule has 0 saturated heterocycles. The number of anilines is 1. The van der Waals surface area contributed by atoms with Crippen LogP contribution in [0.25, 0.3) is 0 Å². The molecule has 0 aliphatic heterocycles. The molecule has 1 aromatic carbocycles. The van der Waals surface area contributed by atoms with Crippen LogP contribution in [0.15, 0.2) is 30.3 Å². The Bertz CT molecular complexity index is 554. The summed E-state index contributed by atoms with van der Waals surface area (Å²) in [7, 11) is 0. The zero-order chi connectivity index (χ0) is 13.8. The maximum Gasteiger partial charge on any atom is 0.134 e. The number of aryl methyl sites for hydroxylation is 2. The van der Waals surface area contributed by atoms with Gasteiger partial charge in [-0.2, -0.15) is 0 Å². The maximum absolute atomic E-state index is 10.1. The lowest BCUT2D eigenvalue weighted by Crippen LogP contribution is -2.13. The molecule has 1 aromatic heterocycles. The minimum atomic E-state index is -0.589. The van der Waals surface area contributed by atoms with Gasteiger partial charge in [-0.25, -0.2) is 9.97 Å². The number of benzene rings is 1. The molecule has 0 saturated carbocycles. The van der Waals surface area contributed by atoms with Crippen LogP contribution in [0.3, 0.4) is 0 Å². The number of aromatic nitrogens is 2. The number of rotatable bonds is 4. The van der Waals surface area contributed by atoms with Crippen molar-refractivity contribution in [3.8, 4) is 0 Å². The first kappa shape index (κ1) is 13.8. The van der Waals surface area contributed by atoms with E-state index in [1.165, 1.54) is 0 Å². The third-order valence-corrected chi connectivity index (χ3v) is 2.90. The lowest BCUT2D eigenvalue weighted by molar-refractivity contribution is 0.191. The SMILES string of the molecule is Cc1cccc(C(O)CNc2cc(Cl)nc(C)n2)c1. The quantitative estimate of drug-likeness (QED) is 0.844. The first-order chi connectivity index (χ1) is 9.04. The van der Waals surface area contributed by atoms with E-state index in [1.807, 2.05) is 31.2 Å². The summed E-state index contributed by atoms with van der Waals surface area (Å²) in [6.07, 6.45) is -0.589. The lowest BCUT2D eigenvalue weighted by atomic mass is 10.1. The topological polar surface area (TPSA) is 58.0 Å². The smallest absolute Gasteiger partial charge is 0.134 e. The summed E-state index contributed by atoms with van der Waals surface area (Å²) in [4.78, 5) is 8.18. The Balaban J connectivity index is 2.02. The molecule has 0 bridgehead atoms. The summed E-state index contributed by atoms with van der Waals surface area (Å²) < 4.78 is 0. The molecule has 5 heteroatoms. The van der Waals surface area contributed by atoms with Gasteiger partial charge in [-0.15, -0.1) is 0 Å². The Morgan fingerprint density at radius 3 is 2.74 bits per heavy atom. The van der Waals surface area contributed by atoms with Crippen LogP contribution in [0.5, 0.6) is 0 Å². The van der Waals surface area contributed by atoms with Gasteiger partial charge in [0.25, 0.3) is 0 Å². The number of nitrogens with zero attached hydrogens (tertiary/aromatic N) is 2. The monoisotopic (exact) mass is 277 g/mol. The number of hydrogen-bond donors (Lipinski definition) is 2. The highest BCUT2D eigenvalue weighted by Crippen LogP contribution is 2.16. The number of aliphatic hydroxyl groups excluding tert-OH is 1. The highest BCUT2D eigenvalue weighted by Gasteiger charge is 2.08. The van der Waals surface area contributed by atoms with E-state index >= 15 is 0 Å². The average Bonchev–Trinajstić information content (AvgIpc) is 2.35. The van der Waals surface area contributed by atoms with Crippen molar-refractivity contribution < 1.29 is 5.11 Å². The van der Waals surface area contributed by atoms with E-state index in [0.717, 1.165) is 11.1 Å². The van der Waals surface area contributed by atoms with E-state index < -0.39 is 6.10 Å². The minimum absolute atomic E-state index is 0.371. The van der Waals surface area contributed by atoms with Crippen LogP contribution in [0.2, 0.25) is 5.15 Å². The lowest BCUT2D eigenvalue weighted by Gasteiger charge is -2.13. The molecule has 0 radical (unpaired) electrons. The standard InChI is InChI=1S/C14H16ClN3O/c1-9-4-3-5-11(6-9)12(19)8-16-14-7-13(15)17-10(2)18-14/h3-7,12,19H,8H2,1-2H3,(H,16,17,18). The first-order valence-corrected chi connectivity index (χ1v) is 6.42. The van der Waals surface area contributed by atoms with Gasteiger partial charge in [0.15, 0.2) is 0 Å². The van der Waals surface area contributed by atoms with Gasteiger partial charge in [0.1, 0.15) is 16.8 Å². The second-order valence-corrected chi connectivity index (χ2v) is 4.82. The van der Waals surface area contributed by atoms with Crippen molar-refractivity contribution >= 4 is 17.4 Å². The van der Waals surface area contributed by atoms with E-state index in [2.05, 4.69) is 15.3 Å². The fourth-order valence-electron chi connectivity index (χ4n) is 1.82. The van der Waals surface area contributed by atoms with Crippen LogP contribution in [-0.2, 0) is 0 Å². The predicted octanol–water partition coefficient (Wildman–Crippen LogP) is 2.89. The number of aliphatic hydroxyl groups is 1. The summed E-state index contributed by atoms with van der Waals surface area (Å²) in [5, 5.41) is 13.6. The van der Waals surface area contributed by atoms with E-state index in [-0.39, 0.29) is 0 Å². The van der Waals surface area contributed by atoms with Crippen molar-refractivity contribution in [1.29, 1.82) is 0 Å². The summed E-state index contributed by atoms with van der Waals surface area (Å²) in [5.74, 6) is 1.21. The second-order valence-electron chi connectivity index (χ2n) is 4.43. The van der Waals surface area contributed by atoms with Crippen LogP contribution in [-0.4, -0.2) is 21.6 Å². The average molecular weight is 278 g/mol. The Hall–Kier alpha value is -1.65. The van der Waals surface area contributed by atoms with E-state index in [0.29, 0.717) is 23.3 Å². The fourth-order valence-corrected chi connectivity index (χ4v) is 2.04. The highest BCUT2D eigenvalue weighted by atomic mass is 35.5. The van der Waals surface area contributed by atoms with Crippen LogP contribution in [0.4, 0.5) is 5.82 Å². The molecule has 1 atom stereocenters. The minimum Gasteiger partial charge on any atom is -0.387 e. The van der Waals surface area contributed by atoms with Gasteiger partial charge in [-0.05, 0) is 19.4 Å². The van der Waals surface area contributed by atoms with Crippen molar-refractivity contribution in [2.45, 2.75) is 20.0 Å². The molecule has 4 nitrogen and oxygen atoms in total. The molecule has 1 heterocycles. The molecule has 0 aliphatic rings. The summed E-state index contributed by atoms with van der Waals surface area (Å²) in [5.41, 5.74) is 2.00. The Labute approximate surface area is 117 Å². The van der Waals surface area contributed by atoms with Crippen molar-refractivity contribution in [3.05, 3.63) is 52.4 Å². The van der Waals surface area contributed by atoms with Crippen molar-refractivity contribution in [2.24, 2.45) is 0 Å². The van der Waals surface area contributed by atoms with Gasteiger partial charge < -0.3 is 10.4 Å². The third kappa shape index (κ3) is 3.91. The zero-order valence-electron chi connectivity index (χ0n) is 10.9. The van der Waals surface area contributed by atoms with Crippen molar-refractivity contribution in [1.82, 2.24) is 9.97 Å². The number of nitrogens with one attached hydrogen (secondary N) is 1. The first-order valence-electron chi connectivity index (χ1n) is 6.04. The van der Waals surface area contributed by atoms with Crippen LogP contribution in [0, 0.1) is 13.8 Å². The molecular formula is C14H16ClN3O. The van der Waals surface area contributed by atoms with Gasteiger partial charge >= 0.3 is 0 Å². The van der Waals surface area contributed by atoms with E-state index in [9.17, 15) is 5.11 Å². The van der Waals surface area contributed by atoms with Gasteiger partial charge in [0, 0.05) is 12.6 Å². The fraction of sp³-hybridized carbons (Fsp3) is 0.286. The molecule has 0 spiro atoms. The zero-order valence-corrected chi connectivity index (χ0v) is 11.6. The normalized spacial score (nSPS) is 12.2. The summed E-state index contributed by atoms with van der Waals surface area (Å²) >= 11 is 5.85. The molecule has 1 unspecified atom stereocenters. The van der Waals surface area contributed by atoms with Gasteiger partial charge in [0.05, 0.1) is 6.10 Å². The van der Waals surface area contributed by atoms with Crippen LogP contribution < -0.4 is 5.32 Å². The molecule has 19 heavy (non-hydrogen) atoms. The molecule has 0 amide bonds. The molecule has 2 N–H and O–H groups in total. The largest absolute Gasteiger partial charge is 0.387 e. The van der Waals surface area contributed by atoms with Crippen LogP contribution in [0.1, 0.15) is 23.1 Å². The molecule has 2 rings (SSSR count). The van der Waals surface area contributed by atoms with Gasteiger partial charge in [-0.3, -0.25) is 0 Å². The highest BCUT2D eigenvalue weighted by molar-refractivity contribution is 6.29. The Morgan fingerprint density at radius 2 is 2.05 bits per heavy atom. The molecule has 100 valence electrons. The predicted molar refractivity (Wildman–Crippen MR) is 76.4 cm³/mol. The number of halogens is 1. The van der Waals surface area contributed by atoms with Crippen molar-refractivity contribution in [3.63, 3.8) is 0 Å². The maximum atomic E-state index is 10.1. The Morgan fingerprint density at radius 1 is 1.26 bits per heavy atom. The van der Waals surface area contributed by atoms with Gasteiger partial charge in [0.2, 0.25) is 0 Å². The second kappa shape index (κ2) is 5.99. The molecule has 0 fully saturated rings. The third-order valence-electron chi connectivity index (χ3n) is 2.71. The summed E-state index contributed by atoms with van der Waals surface area (Å²) in [6, 6.07) is 9.43. The van der Waals surface area contributed by atoms with E-state index in [1.54, 1.807) is 13.0 Å². The number of hydrogen-bond acceptors (Lipinski definition) is 4. The van der Waals surface area contributed by atoms with Crippen LogP contribution >= 0.6 is 11.6 Å². The molecular weight excluding hydrogens is 262 g/mol. The molecule has 2 aromatic rings. The molecule has 0 aliphatic carbocycles. The van der Waals surface area contributed by atoms with E-state index in [4.69, 9.17) is 11.6 Å². The summed E-state index contributed by atoms with van der Waals surface area (Å²) in [6.45, 7) is 4.14.